The summed E-state index contributed by atoms with van der Waals surface area (Å²) in [5.41, 5.74) is 0. The normalized spacial score (nSPS) is 24.6. The van der Waals surface area contributed by atoms with Gasteiger partial charge in [0.1, 0.15) is 0 Å². The molecule has 0 aromatic rings. The predicted molar refractivity (Wildman–Crippen MR) is 47.0 cm³/mol. The van der Waals surface area contributed by atoms with Gasteiger partial charge in [0, 0.05) is 13.6 Å². The van der Waals surface area contributed by atoms with E-state index in [-0.39, 0.29) is 0 Å². The van der Waals surface area contributed by atoms with E-state index in [0.717, 1.165) is 19.5 Å². The maximum atomic E-state index is 10.9. The third-order valence-corrected chi connectivity index (χ3v) is 3.08. The van der Waals surface area contributed by atoms with E-state index in [1.807, 2.05) is 0 Å². The molecule has 0 saturated carbocycles. The molecule has 12 heavy (non-hydrogen) atoms. The Kier molecular flexibility index (Phi) is 3.45. The SMILES string of the molecule is CNS(=O)(=O)NCC1CCNC1. The molecular weight excluding hydrogens is 178 g/mol. The van der Waals surface area contributed by atoms with Crippen molar-refractivity contribution in [3.8, 4) is 0 Å². The minimum atomic E-state index is -3.23. The molecule has 1 rings (SSSR count). The van der Waals surface area contributed by atoms with Gasteiger partial charge in [0.25, 0.3) is 10.2 Å². The minimum Gasteiger partial charge on any atom is -0.316 e. The lowest BCUT2D eigenvalue weighted by Crippen LogP contribution is -2.37. The first-order chi connectivity index (χ1) is 5.64. The fourth-order valence-electron chi connectivity index (χ4n) is 1.19. The zero-order valence-electron chi connectivity index (χ0n) is 7.13. The van der Waals surface area contributed by atoms with E-state index in [1.165, 1.54) is 7.05 Å². The molecule has 1 heterocycles. The summed E-state index contributed by atoms with van der Waals surface area (Å²) >= 11 is 0. The Balaban J connectivity index is 2.25. The van der Waals surface area contributed by atoms with Crippen molar-refractivity contribution in [1.82, 2.24) is 14.8 Å². The van der Waals surface area contributed by atoms with Gasteiger partial charge in [-0.25, -0.2) is 9.44 Å². The smallest absolute Gasteiger partial charge is 0.276 e. The van der Waals surface area contributed by atoms with Crippen LogP contribution in [0, 0.1) is 5.92 Å². The molecule has 5 nitrogen and oxygen atoms in total. The van der Waals surface area contributed by atoms with Crippen molar-refractivity contribution in [2.45, 2.75) is 6.42 Å². The molecule has 1 unspecified atom stereocenters. The molecule has 1 saturated heterocycles. The molecule has 72 valence electrons. The molecule has 1 atom stereocenters. The summed E-state index contributed by atoms with van der Waals surface area (Å²) < 4.78 is 26.5. The van der Waals surface area contributed by atoms with Crippen LogP contribution in [-0.2, 0) is 10.2 Å². The summed E-state index contributed by atoms with van der Waals surface area (Å²) in [6, 6.07) is 0. The second kappa shape index (κ2) is 4.18. The van der Waals surface area contributed by atoms with Gasteiger partial charge in [-0.05, 0) is 25.4 Å². The van der Waals surface area contributed by atoms with Crippen LogP contribution in [0.2, 0.25) is 0 Å². The van der Waals surface area contributed by atoms with Crippen molar-refractivity contribution < 1.29 is 8.42 Å². The van der Waals surface area contributed by atoms with E-state index in [9.17, 15) is 8.42 Å². The Hall–Kier alpha value is -0.170. The monoisotopic (exact) mass is 193 g/mol. The molecule has 0 aliphatic carbocycles. The van der Waals surface area contributed by atoms with Crippen molar-refractivity contribution >= 4 is 10.2 Å². The van der Waals surface area contributed by atoms with Gasteiger partial charge in [0.05, 0.1) is 0 Å². The number of hydrogen-bond donors (Lipinski definition) is 3. The summed E-state index contributed by atoms with van der Waals surface area (Å²) in [6.07, 6.45) is 1.05. The Bertz CT molecular complexity index is 221. The highest BCUT2D eigenvalue weighted by molar-refractivity contribution is 7.87. The summed E-state index contributed by atoms with van der Waals surface area (Å²) in [7, 11) is -1.84. The second-order valence-electron chi connectivity index (χ2n) is 2.91. The Labute approximate surface area is 73.1 Å². The lowest BCUT2D eigenvalue weighted by molar-refractivity contribution is 0.533. The lowest BCUT2D eigenvalue weighted by atomic mass is 10.1. The maximum absolute atomic E-state index is 10.9. The van der Waals surface area contributed by atoms with Crippen LogP contribution >= 0.6 is 0 Å². The zero-order valence-corrected chi connectivity index (χ0v) is 7.95. The van der Waals surface area contributed by atoms with Crippen molar-refractivity contribution in [3.05, 3.63) is 0 Å². The van der Waals surface area contributed by atoms with Gasteiger partial charge in [0.15, 0.2) is 0 Å². The van der Waals surface area contributed by atoms with E-state index < -0.39 is 10.2 Å². The molecule has 0 spiro atoms. The molecular formula is C6H15N3O2S. The van der Waals surface area contributed by atoms with Gasteiger partial charge in [0.2, 0.25) is 0 Å². The Morgan fingerprint density at radius 1 is 1.58 bits per heavy atom. The second-order valence-corrected chi connectivity index (χ2v) is 4.62. The third kappa shape index (κ3) is 3.06. The highest BCUT2D eigenvalue weighted by Crippen LogP contribution is 2.05. The highest BCUT2D eigenvalue weighted by atomic mass is 32.2. The Morgan fingerprint density at radius 3 is 2.83 bits per heavy atom. The maximum Gasteiger partial charge on any atom is 0.276 e. The predicted octanol–water partition coefficient (Wildman–Crippen LogP) is -1.35. The minimum absolute atomic E-state index is 0.438. The van der Waals surface area contributed by atoms with Crippen molar-refractivity contribution in [2.24, 2.45) is 5.92 Å². The van der Waals surface area contributed by atoms with Gasteiger partial charge in [-0.1, -0.05) is 0 Å². The molecule has 0 aromatic carbocycles. The molecule has 6 heteroatoms. The van der Waals surface area contributed by atoms with Crippen LogP contribution in [0.15, 0.2) is 0 Å². The standard InChI is InChI=1S/C6H15N3O2S/c1-7-12(10,11)9-5-6-2-3-8-4-6/h6-9H,2-5H2,1H3. The van der Waals surface area contributed by atoms with Gasteiger partial charge < -0.3 is 5.32 Å². The molecule has 1 fully saturated rings. The van der Waals surface area contributed by atoms with Gasteiger partial charge in [-0.15, -0.1) is 0 Å². The van der Waals surface area contributed by atoms with Crippen molar-refractivity contribution in [1.29, 1.82) is 0 Å². The first kappa shape index (κ1) is 9.91. The highest BCUT2D eigenvalue weighted by Gasteiger charge is 2.16. The van der Waals surface area contributed by atoms with E-state index >= 15 is 0 Å². The van der Waals surface area contributed by atoms with Crippen LogP contribution in [-0.4, -0.2) is 35.1 Å². The van der Waals surface area contributed by atoms with Crippen LogP contribution in [0.1, 0.15) is 6.42 Å². The molecule has 3 N–H and O–H groups in total. The molecule has 0 bridgehead atoms. The van der Waals surface area contributed by atoms with Crippen LogP contribution in [0.4, 0.5) is 0 Å². The van der Waals surface area contributed by atoms with Crippen LogP contribution in [0.3, 0.4) is 0 Å². The zero-order chi connectivity index (χ0) is 9.03. The lowest BCUT2D eigenvalue weighted by Gasteiger charge is -2.09. The van der Waals surface area contributed by atoms with Gasteiger partial charge in [-0.2, -0.15) is 8.42 Å². The van der Waals surface area contributed by atoms with E-state index in [1.54, 1.807) is 0 Å². The summed E-state index contributed by atoms with van der Waals surface area (Å²) in [5, 5.41) is 3.17. The number of rotatable bonds is 4. The third-order valence-electron chi connectivity index (χ3n) is 1.99. The van der Waals surface area contributed by atoms with Gasteiger partial charge in [-0.3, -0.25) is 0 Å². The van der Waals surface area contributed by atoms with Gasteiger partial charge >= 0.3 is 0 Å². The fraction of sp³-hybridized carbons (Fsp3) is 1.00. The van der Waals surface area contributed by atoms with Crippen LogP contribution in [0.5, 0.6) is 0 Å². The first-order valence-corrected chi connectivity index (χ1v) is 5.51. The summed E-state index contributed by atoms with van der Waals surface area (Å²) in [4.78, 5) is 0. The molecule has 0 amide bonds. The molecule has 0 aromatic heterocycles. The largest absolute Gasteiger partial charge is 0.316 e. The molecule has 0 radical (unpaired) electrons. The average molecular weight is 193 g/mol. The summed E-state index contributed by atoms with van der Waals surface area (Å²) in [5.74, 6) is 0.438. The van der Waals surface area contributed by atoms with E-state index in [0.29, 0.717) is 12.5 Å². The number of hydrogen-bond acceptors (Lipinski definition) is 3. The van der Waals surface area contributed by atoms with Crippen LogP contribution in [0.25, 0.3) is 0 Å². The van der Waals surface area contributed by atoms with E-state index in [2.05, 4.69) is 14.8 Å². The average Bonchev–Trinajstić information content (AvgIpc) is 2.53. The fourth-order valence-corrected chi connectivity index (χ4v) is 1.79. The molecule has 1 aliphatic rings. The first-order valence-electron chi connectivity index (χ1n) is 4.03. The van der Waals surface area contributed by atoms with E-state index in [4.69, 9.17) is 0 Å². The van der Waals surface area contributed by atoms with Crippen molar-refractivity contribution in [3.63, 3.8) is 0 Å². The quantitative estimate of drug-likeness (QED) is 0.517. The summed E-state index contributed by atoms with van der Waals surface area (Å²) in [6.45, 7) is 2.42. The van der Waals surface area contributed by atoms with Crippen LogP contribution < -0.4 is 14.8 Å². The Morgan fingerprint density at radius 2 is 2.33 bits per heavy atom. The topological polar surface area (TPSA) is 70.2 Å². The molecule has 1 aliphatic heterocycles. The van der Waals surface area contributed by atoms with Crippen molar-refractivity contribution in [2.75, 3.05) is 26.7 Å². The number of nitrogens with one attached hydrogen (secondary N) is 3.